The first-order chi connectivity index (χ1) is 15.1. The second kappa shape index (κ2) is 8.96. The fourth-order valence-corrected chi connectivity index (χ4v) is 3.71. The van der Waals surface area contributed by atoms with Crippen LogP contribution in [0.1, 0.15) is 12.5 Å². The normalized spacial score (nSPS) is 16.0. The van der Waals surface area contributed by atoms with Gasteiger partial charge in [-0.3, -0.25) is 4.79 Å². The van der Waals surface area contributed by atoms with E-state index in [-0.39, 0.29) is 12.5 Å². The maximum atomic E-state index is 13.0. The second-order valence-electron chi connectivity index (χ2n) is 7.39. The lowest BCUT2D eigenvalue weighted by Gasteiger charge is -2.12. The molecule has 1 aliphatic heterocycles. The van der Waals surface area contributed by atoms with Crippen LogP contribution in [0.4, 0.5) is 5.69 Å². The molecule has 3 aromatic rings. The van der Waals surface area contributed by atoms with Crippen LogP contribution in [0.25, 0.3) is 17.0 Å². The molecule has 0 radical (unpaired) electrons. The van der Waals surface area contributed by atoms with E-state index in [9.17, 15) is 9.90 Å². The topological polar surface area (TPSA) is 93.7 Å². The van der Waals surface area contributed by atoms with Gasteiger partial charge in [0.05, 0.1) is 35.7 Å². The van der Waals surface area contributed by atoms with Gasteiger partial charge in [-0.15, -0.1) is 0 Å². The third kappa shape index (κ3) is 4.26. The smallest absolute Gasteiger partial charge is 0.280 e. The number of aliphatic hydroxyl groups is 1. The molecule has 4 rings (SSSR count). The second-order valence-corrected chi connectivity index (χ2v) is 7.39. The first-order valence-electron chi connectivity index (χ1n) is 10.1. The number of hydrogen-bond donors (Lipinski definition) is 2. The van der Waals surface area contributed by atoms with Crippen LogP contribution in [0.15, 0.2) is 71.5 Å². The van der Waals surface area contributed by atoms with Crippen LogP contribution in [0.3, 0.4) is 0 Å². The summed E-state index contributed by atoms with van der Waals surface area (Å²) in [6.07, 6.45) is 3.16. The predicted molar refractivity (Wildman–Crippen MR) is 121 cm³/mol. The Labute approximate surface area is 180 Å². The Balaban J connectivity index is 1.64. The van der Waals surface area contributed by atoms with Gasteiger partial charge >= 0.3 is 0 Å². The molecule has 2 N–H and O–H groups in total. The van der Waals surface area contributed by atoms with Gasteiger partial charge in [0.2, 0.25) is 0 Å². The molecule has 0 bridgehead atoms. The Morgan fingerprint density at radius 2 is 1.94 bits per heavy atom. The fourth-order valence-electron chi connectivity index (χ4n) is 3.71. The van der Waals surface area contributed by atoms with Gasteiger partial charge in [0.15, 0.2) is 0 Å². The van der Waals surface area contributed by atoms with E-state index in [0.29, 0.717) is 24.4 Å². The van der Waals surface area contributed by atoms with Crippen molar-refractivity contribution in [2.45, 2.75) is 19.6 Å². The van der Waals surface area contributed by atoms with E-state index in [1.807, 2.05) is 84.4 Å². The number of para-hydroxylation sites is 2. The molecule has 1 unspecified atom stereocenters. The molecule has 1 atom stereocenters. The lowest BCUT2D eigenvalue weighted by atomic mass is 10.1. The van der Waals surface area contributed by atoms with Gasteiger partial charge < -0.3 is 15.0 Å². The van der Waals surface area contributed by atoms with Crippen molar-refractivity contribution in [2.24, 2.45) is 5.10 Å². The highest BCUT2D eigenvalue weighted by atomic mass is 16.3. The molecule has 1 aromatic heterocycles. The van der Waals surface area contributed by atoms with Gasteiger partial charge in [0, 0.05) is 35.8 Å². The van der Waals surface area contributed by atoms with Gasteiger partial charge in [0.1, 0.15) is 0 Å². The summed E-state index contributed by atoms with van der Waals surface area (Å²) >= 11 is 0. The number of hydrogen-bond acceptors (Lipinski definition) is 5. The lowest BCUT2D eigenvalue weighted by molar-refractivity contribution is -0.114. The summed E-state index contributed by atoms with van der Waals surface area (Å²) in [6, 6.07) is 19.2. The van der Waals surface area contributed by atoms with Crippen LogP contribution in [-0.2, 0) is 11.3 Å². The van der Waals surface area contributed by atoms with Crippen molar-refractivity contribution in [1.82, 2.24) is 9.88 Å². The predicted octanol–water partition coefficient (Wildman–Crippen LogP) is 2.92. The summed E-state index contributed by atoms with van der Waals surface area (Å²) in [5.41, 5.74) is 3.79. The van der Waals surface area contributed by atoms with E-state index < -0.39 is 6.10 Å². The molecule has 2 heterocycles. The minimum atomic E-state index is -0.644. The number of carbonyl (C=O) groups is 1. The molecule has 2 aromatic carbocycles. The van der Waals surface area contributed by atoms with Crippen LogP contribution >= 0.6 is 0 Å². The number of fused-ring (bicyclic) bond motifs is 1. The molecule has 1 amide bonds. The Morgan fingerprint density at radius 1 is 1.19 bits per heavy atom. The zero-order valence-corrected chi connectivity index (χ0v) is 17.2. The summed E-state index contributed by atoms with van der Waals surface area (Å²) in [7, 11) is 0. The Kier molecular flexibility index (Phi) is 5.94. The zero-order valence-electron chi connectivity index (χ0n) is 17.2. The van der Waals surface area contributed by atoms with Gasteiger partial charge in [-0.05, 0) is 31.2 Å². The molecular formula is C24H23N5O2. The molecule has 1 aliphatic rings. The van der Waals surface area contributed by atoms with E-state index in [0.717, 1.165) is 22.2 Å². The maximum absolute atomic E-state index is 13.0. The number of anilines is 1. The van der Waals surface area contributed by atoms with Crippen molar-refractivity contribution in [2.75, 3.05) is 18.1 Å². The largest absolute Gasteiger partial charge is 0.390 e. The quantitative estimate of drug-likeness (QED) is 0.354. The summed E-state index contributed by atoms with van der Waals surface area (Å²) in [4.78, 5) is 13.0. The maximum Gasteiger partial charge on any atom is 0.280 e. The highest BCUT2D eigenvalue weighted by Crippen LogP contribution is 2.28. The van der Waals surface area contributed by atoms with E-state index in [1.165, 1.54) is 5.01 Å². The van der Waals surface area contributed by atoms with Crippen LogP contribution in [0.5, 0.6) is 0 Å². The Bertz CT molecular complexity index is 1200. The number of aliphatic hydroxyl groups excluding tert-OH is 1. The molecule has 31 heavy (non-hydrogen) atoms. The van der Waals surface area contributed by atoms with E-state index in [2.05, 4.69) is 10.4 Å². The summed E-state index contributed by atoms with van der Waals surface area (Å²) in [6.45, 7) is 2.72. The van der Waals surface area contributed by atoms with Crippen LogP contribution in [0.2, 0.25) is 0 Å². The Morgan fingerprint density at radius 3 is 2.71 bits per heavy atom. The standard InChI is InChI=1S/C24H23N5O2/c1-17-22(24(31)29(27-17)19-7-3-2-4-8-19)13-18-15-28(16-20(30)14-26-12-11-25)23-10-6-5-9-21(18)23/h2-10,13,15,20,26,30H,12,14,16H2,1H3. The minimum Gasteiger partial charge on any atom is -0.390 e. The SMILES string of the molecule is CC1=NN(c2ccccc2)C(=O)C1=Cc1cn(CC(O)CNCC#N)c2ccccc12. The molecule has 0 spiro atoms. The van der Waals surface area contributed by atoms with Crippen LogP contribution in [-0.4, -0.2) is 40.5 Å². The first kappa shape index (κ1) is 20.5. The molecular weight excluding hydrogens is 390 g/mol. The minimum absolute atomic E-state index is 0.165. The van der Waals surface area contributed by atoms with E-state index in [1.54, 1.807) is 0 Å². The van der Waals surface area contributed by atoms with Crippen LogP contribution in [0, 0.1) is 11.3 Å². The molecule has 0 saturated heterocycles. The van der Waals surface area contributed by atoms with Gasteiger partial charge in [-0.2, -0.15) is 15.4 Å². The Hall–Kier alpha value is -3.73. The molecule has 156 valence electrons. The number of amides is 1. The highest BCUT2D eigenvalue weighted by Gasteiger charge is 2.29. The van der Waals surface area contributed by atoms with Crippen molar-refractivity contribution in [3.8, 4) is 6.07 Å². The third-order valence-corrected chi connectivity index (χ3v) is 5.17. The van der Waals surface area contributed by atoms with Gasteiger partial charge in [-0.1, -0.05) is 36.4 Å². The zero-order chi connectivity index (χ0) is 21.8. The molecule has 7 nitrogen and oxygen atoms in total. The average molecular weight is 413 g/mol. The highest BCUT2D eigenvalue weighted by molar-refractivity contribution is 6.32. The number of nitrogens with zero attached hydrogens (tertiary/aromatic N) is 4. The lowest BCUT2D eigenvalue weighted by Crippen LogP contribution is -2.30. The van der Waals surface area contributed by atoms with Crippen molar-refractivity contribution in [1.29, 1.82) is 5.26 Å². The average Bonchev–Trinajstić information content (AvgIpc) is 3.27. The van der Waals surface area contributed by atoms with Crippen molar-refractivity contribution >= 4 is 34.3 Å². The number of hydrazone groups is 1. The van der Waals surface area contributed by atoms with Crippen molar-refractivity contribution < 1.29 is 9.90 Å². The van der Waals surface area contributed by atoms with Gasteiger partial charge in [0.25, 0.3) is 5.91 Å². The monoisotopic (exact) mass is 413 g/mol. The van der Waals surface area contributed by atoms with Gasteiger partial charge in [-0.25, -0.2) is 0 Å². The third-order valence-electron chi connectivity index (χ3n) is 5.17. The summed E-state index contributed by atoms with van der Waals surface area (Å²) in [5, 5.41) is 28.7. The van der Waals surface area contributed by atoms with E-state index in [4.69, 9.17) is 5.26 Å². The summed E-state index contributed by atoms with van der Waals surface area (Å²) in [5.74, 6) is -0.165. The number of nitrogens with one attached hydrogen (secondary N) is 1. The number of benzene rings is 2. The van der Waals surface area contributed by atoms with E-state index >= 15 is 0 Å². The molecule has 7 heteroatoms. The summed E-state index contributed by atoms with van der Waals surface area (Å²) < 4.78 is 1.97. The molecule has 0 saturated carbocycles. The number of nitriles is 1. The van der Waals surface area contributed by atoms with Crippen molar-refractivity contribution in [3.63, 3.8) is 0 Å². The first-order valence-corrected chi connectivity index (χ1v) is 10.1. The molecule has 0 aliphatic carbocycles. The fraction of sp³-hybridized carbons (Fsp3) is 0.208. The number of rotatable bonds is 7. The van der Waals surface area contributed by atoms with Crippen molar-refractivity contribution in [3.05, 3.63) is 71.9 Å². The van der Waals surface area contributed by atoms with Crippen LogP contribution < -0.4 is 10.3 Å². The number of carbonyl (C=O) groups excluding carboxylic acids is 1. The number of aromatic nitrogens is 1. The molecule has 0 fully saturated rings.